The lowest BCUT2D eigenvalue weighted by Gasteiger charge is -2.40. The van der Waals surface area contributed by atoms with Crippen LogP contribution in [0.2, 0.25) is 0 Å². The molecule has 2 unspecified atom stereocenters. The first-order valence-electron chi connectivity index (χ1n) is 14.3. The van der Waals surface area contributed by atoms with Crippen LogP contribution in [0.5, 0.6) is 0 Å². The number of carboxylic acid groups (broad SMARTS) is 1. The van der Waals surface area contributed by atoms with Crippen LogP contribution in [-0.2, 0) is 15.0 Å². The van der Waals surface area contributed by atoms with Crippen molar-refractivity contribution in [1.82, 2.24) is 4.90 Å². The van der Waals surface area contributed by atoms with Gasteiger partial charge in [0.15, 0.2) is 0 Å². The number of allylic oxidation sites excluding steroid dienone is 1. The number of carbonyl (C=O) groups is 2. The van der Waals surface area contributed by atoms with E-state index in [-0.39, 0.29) is 30.5 Å². The number of aliphatic carboxylic acids is 1. The second-order valence-electron chi connectivity index (χ2n) is 11.4. The molecule has 1 amide bonds. The Bertz CT molecular complexity index is 1390. The number of halogens is 1. The van der Waals surface area contributed by atoms with E-state index in [2.05, 4.69) is 10.2 Å². The van der Waals surface area contributed by atoms with Crippen LogP contribution in [0.15, 0.2) is 96.2 Å². The Hall–Kier alpha value is -4.01. The predicted octanol–water partition coefficient (Wildman–Crippen LogP) is 5.67. The van der Waals surface area contributed by atoms with Gasteiger partial charge in [-0.3, -0.25) is 9.59 Å². The molecule has 42 heavy (non-hydrogen) atoms. The standard InChI is InChI=1S/C34H39FN2O5/c1-22(2)31-30(33(42)36-26-12-8-5-9-13-26)34(3,24-10-6-4-7-11-24)32(23-14-16-25(35)17-15-23)37(31)19-18-27(38)20-28(39)21-29(40)41/h4-17,22,27-28,32,38-39H,18-21H2,1-3H3,(H,36,42)(H,40,41)/t27-,28-,32?,34?/m1/s1. The number of para-hydroxylation sites is 1. The lowest BCUT2D eigenvalue weighted by molar-refractivity contribution is -0.139. The van der Waals surface area contributed by atoms with Crippen LogP contribution in [0.4, 0.5) is 10.1 Å². The van der Waals surface area contributed by atoms with Crippen LogP contribution >= 0.6 is 0 Å². The SMILES string of the molecule is CC(C)C1=C(C(=O)Nc2ccccc2)C(C)(c2ccccc2)C(c2ccc(F)cc2)N1CC[C@@H](O)C[C@@H](O)CC(=O)O. The van der Waals surface area contributed by atoms with E-state index in [1.165, 1.54) is 12.1 Å². The molecular weight excluding hydrogens is 535 g/mol. The molecule has 0 saturated heterocycles. The maximum absolute atomic E-state index is 14.3. The summed E-state index contributed by atoms with van der Waals surface area (Å²) in [7, 11) is 0. The van der Waals surface area contributed by atoms with Crippen molar-refractivity contribution in [3.63, 3.8) is 0 Å². The minimum Gasteiger partial charge on any atom is -0.481 e. The predicted molar refractivity (Wildman–Crippen MR) is 160 cm³/mol. The minimum atomic E-state index is -1.18. The third-order valence-corrected chi connectivity index (χ3v) is 7.97. The topological polar surface area (TPSA) is 110 Å². The van der Waals surface area contributed by atoms with Crippen LogP contribution < -0.4 is 5.32 Å². The molecular formula is C34H39FN2O5. The normalized spacial score (nSPS) is 20.1. The van der Waals surface area contributed by atoms with Gasteiger partial charge in [0.1, 0.15) is 5.82 Å². The number of nitrogens with one attached hydrogen (secondary N) is 1. The second-order valence-corrected chi connectivity index (χ2v) is 11.4. The van der Waals surface area contributed by atoms with E-state index in [9.17, 15) is 24.2 Å². The van der Waals surface area contributed by atoms with Gasteiger partial charge in [-0.2, -0.15) is 0 Å². The number of aliphatic hydroxyl groups is 2. The van der Waals surface area contributed by atoms with Crippen molar-refractivity contribution in [2.24, 2.45) is 5.92 Å². The van der Waals surface area contributed by atoms with Gasteiger partial charge in [0, 0.05) is 28.9 Å². The zero-order valence-electron chi connectivity index (χ0n) is 24.2. The van der Waals surface area contributed by atoms with Crippen molar-refractivity contribution >= 4 is 17.6 Å². The molecule has 0 bridgehead atoms. The Morgan fingerprint density at radius 2 is 1.52 bits per heavy atom. The number of hydrogen-bond donors (Lipinski definition) is 4. The van der Waals surface area contributed by atoms with Crippen LogP contribution in [0.3, 0.4) is 0 Å². The average Bonchev–Trinajstić information content (AvgIpc) is 3.22. The van der Waals surface area contributed by atoms with Crippen molar-refractivity contribution in [1.29, 1.82) is 0 Å². The first kappa shape index (κ1) is 30.9. The van der Waals surface area contributed by atoms with Gasteiger partial charge in [0.25, 0.3) is 5.91 Å². The molecule has 1 aliphatic rings. The minimum absolute atomic E-state index is 0.0839. The Balaban J connectivity index is 1.84. The molecule has 0 spiro atoms. The molecule has 1 aliphatic heterocycles. The quantitative estimate of drug-likeness (QED) is 0.222. The number of anilines is 1. The second kappa shape index (κ2) is 13.3. The zero-order chi connectivity index (χ0) is 30.4. The fraction of sp³-hybridized carbons (Fsp3) is 0.353. The van der Waals surface area contributed by atoms with Gasteiger partial charge in [0.2, 0.25) is 0 Å². The summed E-state index contributed by atoms with van der Waals surface area (Å²) in [6.07, 6.45) is -2.45. The van der Waals surface area contributed by atoms with Crippen molar-refractivity contribution < 1.29 is 29.3 Å². The lowest BCUT2D eigenvalue weighted by atomic mass is 9.69. The average molecular weight is 575 g/mol. The first-order chi connectivity index (χ1) is 20.0. The number of carbonyl (C=O) groups excluding carboxylic acids is 1. The molecule has 0 radical (unpaired) electrons. The first-order valence-corrected chi connectivity index (χ1v) is 14.3. The molecule has 7 nitrogen and oxygen atoms in total. The van der Waals surface area contributed by atoms with Crippen LogP contribution in [0.1, 0.15) is 57.2 Å². The molecule has 3 aromatic carbocycles. The Morgan fingerprint density at radius 1 is 0.929 bits per heavy atom. The van der Waals surface area contributed by atoms with E-state index in [0.717, 1.165) is 16.8 Å². The number of rotatable bonds is 12. The molecule has 0 fully saturated rings. The van der Waals surface area contributed by atoms with Crippen molar-refractivity contribution in [2.75, 3.05) is 11.9 Å². The highest BCUT2D eigenvalue weighted by atomic mass is 19.1. The fourth-order valence-corrected chi connectivity index (χ4v) is 6.18. The van der Waals surface area contributed by atoms with Crippen molar-refractivity contribution in [3.05, 3.63) is 113 Å². The van der Waals surface area contributed by atoms with Crippen LogP contribution in [0, 0.1) is 11.7 Å². The highest BCUT2D eigenvalue weighted by Crippen LogP contribution is 2.56. The van der Waals surface area contributed by atoms with E-state index < -0.39 is 36.1 Å². The smallest absolute Gasteiger partial charge is 0.305 e. The maximum atomic E-state index is 14.3. The van der Waals surface area contributed by atoms with E-state index in [0.29, 0.717) is 17.8 Å². The third-order valence-electron chi connectivity index (χ3n) is 7.97. The van der Waals surface area contributed by atoms with E-state index in [1.807, 2.05) is 81.4 Å². The highest BCUT2D eigenvalue weighted by molar-refractivity contribution is 6.07. The Kier molecular flexibility index (Phi) is 9.81. The molecule has 222 valence electrons. The number of amides is 1. The molecule has 3 aromatic rings. The Morgan fingerprint density at radius 3 is 2.10 bits per heavy atom. The number of benzene rings is 3. The highest BCUT2D eigenvalue weighted by Gasteiger charge is 2.54. The van der Waals surface area contributed by atoms with Gasteiger partial charge < -0.3 is 25.5 Å². The Labute approximate surface area is 246 Å². The van der Waals surface area contributed by atoms with E-state index >= 15 is 0 Å². The van der Waals surface area contributed by atoms with Gasteiger partial charge in [-0.1, -0.05) is 74.5 Å². The summed E-state index contributed by atoms with van der Waals surface area (Å²) in [5.74, 6) is -1.84. The van der Waals surface area contributed by atoms with Crippen molar-refractivity contribution in [3.8, 4) is 0 Å². The summed E-state index contributed by atoms with van der Waals surface area (Å²) in [4.78, 5) is 27.4. The molecule has 4 rings (SSSR count). The van der Waals surface area contributed by atoms with Gasteiger partial charge >= 0.3 is 5.97 Å². The summed E-state index contributed by atoms with van der Waals surface area (Å²) >= 11 is 0. The monoisotopic (exact) mass is 574 g/mol. The molecule has 4 atom stereocenters. The summed E-state index contributed by atoms with van der Waals surface area (Å²) in [6, 6.07) is 24.9. The molecule has 0 aromatic heterocycles. The zero-order valence-corrected chi connectivity index (χ0v) is 24.2. The van der Waals surface area contributed by atoms with Gasteiger partial charge in [0.05, 0.1) is 24.7 Å². The number of nitrogens with zero attached hydrogens (tertiary/aromatic N) is 1. The number of hydrogen-bond acceptors (Lipinski definition) is 5. The summed E-state index contributed by atoms with van der Waals surface area (Å²) in [6.45, 7) is 6.39. The largest absolute Gasteiger partial charge is 0.481 e. The maximum Gasteiger partial charge on any atom is 0.305 e. The summed E-state index contributed by atoms with van der Waals surface area (Å²) < 4.78 is 14.1. The lowest BCUT2D eigenvalue weighted by Crippen LogP contribution is -2.39. The van der Waals surface area contributed by atoms with Crippen LogP contribution in [0.25, 0.3) is 0 Å². The molecule has 0 aliphatic carbocycles. The molecule has 1 heterocycles. The fourth-order valence-electron chi connectivity index (χ4n) is 6.18. The van der Waals surface area contributed by atoms with Crippen LogP contribution in [-0.4, -0.2) is 50.8 Å². The van der Waals surface area contributed by atoms with E-state index in [4.69, 9.17) is 5.11 Å². The van der Waals surface area contributed by atoms with Crippen molar-refractivity contribution in [2.45, 2.75) is 63.7 Å². The summed E-state index contributed by atoms with van der Waals surface area (Å²) in [5, 5.41) is 33.0. The molecule has 4 N–H and O–H groups in total. The van der Waals surface area contributed by atoms with Gasteiger partial charge in [-0.15, -0.1) is 0 Å². The number of aliphatic hydroxyl groups excluding tert-OH is 2. The molecule has 0 saturated carbocycles. The molecule has 8 heteroatoms. The third kappa shape index (κ3) is 6.72. The van der Waals surface area contributed by atoms with Gasteiger partial charge in [-0.25, -0.2) is 4.39 Å². The van der Waals surface area contributed by atoms with E-state index in [1.54, 1.807) is 12.1 Å². The number of carboxylic acids is 1. The van der Waals surface area contributed by atoms with Gasteiger partial charge in [-0.05, 0) is 61.1 Å². The summed E-state index contributed by atoms with van der Waals surface area (Å²) in [5.41, 5.74) is 2.91.